The van der Waals surface area contributed by atoms with E-state index >= 15 is 0 Å². The van der Waals surface area contributed by atoms with Crippen LogP contribution in [0.2, 0.25) is 0 Å². The zero-order valence-electron chi connectivity index (χ0n) is 11.1. The highest BCUT2D eigenvalue weighted by atomic mass is 16.1. The van der Waals surface area contributed by atoms with Crippen molar-refractivity contribution >= 4 is 17.7 Å². The van der Waals surface area contributed by atoms with Gasteiger partial charge in [0.1, 0.15) is 11.6 Å². The number of rotatable bonds is 3. The average Bonchev–Trinajstić information content (AvgIpc) is 2.48. The third-order valence-electron chi connectivity index (χ3n) is 2.87. The molecule has 0 radical (unpaired) electrons. The summed E-state index contributed by atoms with van der Waals surface area (Å²) in [6.07, 6.45) is 1.58. The number of carbonyl (C=O) groups is 1. The van der Waals surface area contributed by atoms with Crippen LogP contribution in [0.4, 0.5) is 5.69 Å². The number of para-hydroxylation sites is 1. The van der Waals surface area contributed by atoms with Crippen LogP contribution in [0.1, 0.15) is 11.1 Å². The number of hydrogen-bond acceptors (Lipinski definition) is 2. The molecule has 1 N–H and O–H groups in total. The second kappa shape index (κ2) is 6.35. The molecule has 0 spiro atoms. The highest BCUT2D eigenvalue weighted by Gasteiger charge is 2.10. The summed E-state index contributed by atoms with van der Waals surface area (Å²) < 4.78 is 0. The maximum atomic E-state index is 12.1. The number of nitriles is 1. The van der Waals surface area contributed by atoms with Gasteiger partial charge in [0, 0.05) is 5.69 Å². The summed E-state index contributed by atoms with van der Waals surface area (Å²) >= 11 is 0. The van der Waals surface area contributed by atoms with E-state index in [4.69, 9.17) is 5.26 Å². The van der Waals surface area contributed by atoms with Gasteiger partial charge in [-0.15, -0.1) is 0 Å². The molecule has 2 rings (SSSR count). The Hall–Kier alpha value is -2.86. The predicted molar refractivity (Wildman–Crippen MR) is 79.8 cm³/mol. The van der Waals surface area contributed by atoms with E-state index in [0.717, 1.165) is 11.1 Å². The minimum Gasteiger partial charge on any atom is -0.321 e. The summed E-state index contributed by atoms with van der Waals surface area (Å²) in [4.78, 5) is 12.1. The van der Waals surface area contributed by atoms with Crippen LogP contribution < -0.4 is 5.32 Å². The summed E-state index contributed by atoms with van der Waals surface area (Å²) in [5.74, 6) is -0.398. The molecule has 0 fully saturated rings. The van der Waals surface area contributed by atoms with Gasteiger partial charge in [-0.2, -0.15) is 5.26 Å². The Labute approximate surface area is 118 Å². The third-order valence-corrected chi connectivity index (χ3v) is 2.87. The van der Waals surface area contributed by atoms with Gasteiger partial charge in [-0.1, -0.05) is 48.5 Å². The van der Waals surface area contributed by atoms with Crippen molar-refractivity contribution in [3.05, 3.63) is 71.3 Å². The lowest BCUT2D eigenvalue weighted by atomic mass is 10.1. The van der Waals surface area contributed by atoms with Crippen LogP contribution in [0.5, 0.6) is 0 Å². The summed E-state index contributed by atoms with van der Waals surface area (Å²) in [5.41, 5.74) is 2.58. The van der Waals surface area contributed by atoms with E-state index in [1.165, 1.54) is 0 Å². The Morgan fingerprint density at radius 1 is 1.10 bits per heavy atom. The highest BCUT2D eigenvalue weighted by Crippen LogP contribution is 2.15. The van der Waals surface area contributed by atoms with Gasteiger partial charge in [0.05, 0.1) is 0 Å². The second-order valence-corrected chi connectivity index (χ2v) is 4.35. The quantitative estimate of drug-likeness (QED) is 0.679. The molecule has 0 saturated carbocycles. The molecule has 2 aromatic carbocycles. The Bertz CT molecular complexity index is 682. The smallest absolute Gasteiger partial charge is 0.266 e. The molecule has 98 valence electrons. The number of benzene rings is 2. The fourth-order valence-corrected chi connectivity index (χ4v) is 1.77. The highest BCUT2D eigenvalue weighted by molar-refractivity contribution is 6.09. The van der Waals surface area contributed by atoms with Crippen molar-refractivity contribution in [2.45, 2.75) is 6.92 Å². The van der Waals surface area contributed by atoms with E-state index in [-0.39, 0.29) is 5.57 Å². The van der Waals surface area contributed by atoms with Crippen LogP contribution in [0.25, 0.3) is 6.08 Å². The number of aryl methyl sites for hydroxylation is 1. The van der Waals surface area contributed by atoms with E-state index in [2.05, 4.69) is 5.32 Å². The molecule has 0 bridgehead atoms. The first kappa shape index (κ1) is 13.6. The summed E-state index contributed by atoms with van der Waals surface area (Å²) in [6.45, 7) is 1.91. The average molecular weight is 262 g/mol. The minimum atomic E-state index is -0.398. The fraction of sp³-hybridized carbons (Fsp3) is 0.0588. The fourth-order valence-electron chi connectivity index (χ4n) is 1.77. The van der Waals surface area contributed by atoms with Crippen LogP contribution >= 0.6 is 0 Å². The van der Waals surface area contributed by atoms with Crippen molar-refractivity contribution in [3.63, 3.8) is 0 Å². The molecule has 2 aromatic rings. The molecular weight excluding hydrogens is 248 g/mol. The monoisotopic (exact) mass is 262 g/mol. The van der Waals surface area contributed by atoms with Crippen LogP contribution in [-0.2, 0) is 4.79 Å². The summed E-state index contributed by atoms with van der Waals surface area (Å²) in [7, 11) is 0. The molecule has 3 nitrogen and oxygen atoms in total. The zero-order valence-corrected chi connectivity index (χ0v) is 11.1. The topological polar surface area (TPSA) is 52.9 Å². The van der Waals surface area contributed by atoms with E-state index < -0.39 is 5.91 Å². The van der Waals surface area contributed by atoms with Gasteiger partial charge in [-0.05, 0) is 30.2 Å². The molecule has 0 aliphatic rings. The predicted octanol–water partition coefficient (Wildman–Crippen LogP) is 3.54. The zero-order chi connectivity index (χ0) is 14.4. The first-order valence-corrected chi connectivity index (χ1v) is 6.24. The molecule has 3 heteroatoms. The van der Waals surface area contributed by atoms with Gasteiger partial charge in [0.15, 0.2) is 0 Å². The molecule has 0 unspecified atom stereocenters. The maximum Gasteiger partial charge on any atom is 0.266 e. The van der Waals surface area contributed by atoms with Crippen LogP contribution in [-0.4, -0.2) is 5.91 Å². The first-order valence-electron chi connectivity index (χ1n) is 6.24. The molecule has 1 amide bonds. The Morgan fingerprint density at radius 2 is 1.75 bits per heavy atom. The lowest BCUT2D eigenvalue weighted by molar-refractivity contribution is -0.112. The molecule has 0 aliphatic heterocycles. The summed E-state index contributed by atoms with van der Waals surface area (Å²) in [6, 6.07) is 18.7. The van der Waals surface area contributed by atoms with E-state index in [1.54, 1.807) is 6.08 Å². The van der Waals surface area contributed by atoms with Gasteiger partial charge in [-0.3, -0.25) is 4.79 Å². The molecule has 0 heterocycles. The maximum absolute atomic E-state index is 12.1. The Morgan fingerprint density at radius 3 is 2.40 bits per heavy atom. The van der Waals surface area contributed by atoms with Gasteiger partial charge in [0.2, 0.25) is 0 Å². The van der Waals surface area contributed by atoms with Crippen molar-refractivity contribution in [1.82, 2.24) is 0 Å². The van der Waals surface area contributed by atoms with Gasteiger partial charge in [-0.25, -0.2) is 0 Å². The standard InChI is InChI=1S/C17H14N2O/c1-13-7-5-6-10-16(13)19-17(20)15(12-18)11-14-8-3-2-4-9-14/h2-11H,1H3,(H,19,20)/b15-11-. The van der Waals surface area contributed by atoms with E-state index in [0.29, 0.717) is 5.69 Å². The van der Waals surface area contributed by atoms with Crippen molar-refractivity contribution in [2.75, 3.05) is 5.32 Å². The van der Waals surface area contributed by atoms with Crippen LogP contribution in [0.15, 0.2) is 60.2 Å². The van der Waals surface area contributed by atoms with Gasteiger partial charge >= 0.3 is 0 Å². The SMILES string of the molecule is Cc1ccccc1NC(=O)/C(C#N)=C\c1ccccc1. The van der Waals surface area contributed by atoms with Crippen molar-refractivity contribution in [3.8, 4) is 6.07 Å². The number of nitrogens with zero attached hydrogens (tertiary/aromatic N) is 1. The Kier molecular flexibility index (Phi) is 4.31. The number of hydrogen-bond donors (Lipinski definition) is 1. The normalized spacial score (nSPS) is 10.7. The number of carbonyl (C=O) groups excluding carboxylic acids is 1. The van der Waals surface area contributed by atoms with Crippen molar-refractivity contribution in [2.24, 2.45) is 0 Å². The lowest BCUT2D eigenvalue weighted by Gasteiger charge is -2.07. The summed E-state index contributed by atoms with van der Waals surface area (Å²) in [5, 5.41) is 11.9. The number of anilines is 1. The lowest BCUT2D eigenvalue weighted by Crippen LogP contribution is -2.14. The molecular formula is C17H14N2O. The second-order valence-electron chi connectivity index (χ2n) is 4.35. The number of amides is 1. The Balaban J connectivity index is 2.21. The van der Waals surface area contributed by atoms with Crippen LogP contribution in [0.3, 0.4) is 0 Å². The molecule has 0 aromatic heterocycles. The molecule has 20 heavy (non-hydrogen) atoms. The van der Waals surface area contributed by atoms with Crippen LogP contribution in [0, 0.1) is 18.3 Å². The first-order chi connectivity index (χ1) is 9.70. The van der Waals surface area contributed by atoms with E-state index in [9.17, 15) is 4.79 Å². The molecule has 0 saturated heterocycles. The molecule has 0 atom stereocenters. The van der Waals surface area contributed by atoms with Crippen molar-refractivity contribution < 1.29 is 4.79 Å². The minimum absolute atomic E-state index is 0.0828. The molecule has 0 aliphatic carbocycles. The largest absolute Gasteiger partial charge is 0.321 e. The van der Waals surface area contributed by atoms with Gasteiger partial charge < -0.3 is 5.32 Å². The van der Waals surface area contributed by atoms with E-state index in [1.807, 2.05) is 67.6 Å². The third kappa shape index (κ3) is 3.33. The van der Waals surface area contributed by atoms with Gasteiger partial charge in [0.25, 0.3) is 5.91 Å². The van der Waals surface area contributed by atoms with Crippen molar-refractivity contribution in [1.29, 1.82) is 5.26 Å². The number of nitrogens with one attached hydrogen (secondary N) is 1.